The van der Waals surface area contributed by atoms with Crippen LogP contribution >= 0.6 is 0 Å². The van der Waals surface area contributed by atoms with Gasteiger partial charge in [-0.1, -0.05) is 6.92 Å². The molecule has 2 aromatic rings. The number of hydrogen-bond donors (Lipinski definition) is 1. The van der Waals surface area contributed by atoms with Crippen LogP contribution in [0.4, 0.5) is 0 Å². The molecule has 0 unspecified atom stereocenters. The Morgan fingerprint density at radius 2 is 2.13 bits per heavy atom. The summed E-state index contributed by atoms with van der Waals surface area (Å²) in [5.74, 6) is 1.96. The van der Waals surface area contributed by atoms with E-state index in [1.165, 1.54) is 0 Å². The summed E-state index contributed by atoms with van der Waals surface area (Å²) in [6.45, 7) is 4.73. The first-order valence-electron chi connectivity index (χ1n) is 5.28. The Labute approximate surface area is 88.9 Å². The van der Waals surface area contributed by atoms with Gasteiger partial charge in [-0.2, -0.15) is 5.10 Å². The van der Waals surface area contributed by atoms with Gasteiger partial charge in [-0.25, -0.2) is 9.50 Å². The lowest BCUT2D eigenvalue weighted by molar-refractivity contribution is 0.784. The van der Waals surface area contributed by atoms with E-state index >= 15 is 0 Å². The van der Waals surface area contributed by atoms with Gasteiger partial charge in [0, 0.05) is 19.9 Å². The molecule has 0 amide bonds. The molecule has 15 heavy (non-hydrogen) atoms. The normalized spacial score (nSPS) is 11.5. The van der Waals surface area contributed by atoms with Crippen molar-refractivity contribution in [1.82, 2.24) is 19.2 Å². The lowest BCUT2D eigenvalue weighted by atomic mass is 10.3. The van der Waals surface area contributed by atoms with Gasteiger partial charge in [0.2, 0.25) is 5.78 Å². The van der Waals surface area contributed by atoms with Crippen molar-refractivity contribution in [2.75, 3.05) is 6.54 Å². The van der Waals surface area contributed by atoms with Crippen LogP contribution in [0, 0.1) is 6.92 Å². The zero-order valence-corrected chi connectivity index (χ0v) is 9.49. The average molecular weight is 207 g/mol. The molecule has 0 radical (unpaired) electrons. The van der Waals surface area contributed by atoms with Crippen LogP contribution in [0.25, 0.3) is 5.78 Å². The molecule has 5 heteroatoms. The van der Waals surface area contributed by atoms with Crippen LogP contribution in [0.15, 0.2) is 0 Å². The number of nitrogens with zero attached hydrogens (tertiary/aromatic N) is 4. The van der Waals surface area contributed by atoms with E-state index in [1.54, 1.807) is 0 Å². The van der Waals surface area contributed by atoms with Crippen LogP contribution in [0.2, 0.25) is 0 Å². The number of aryl methyl sites for hydroxylation is 3. The quantitative estimate of drug-likeness (QED) is 0.794. The lowest BCUT2D eigenvalue weighted by Gasteiger charge is -1.96. The molecule has 0 atom stereocenters. The second-order valence-corrected chi connectivity index (χ2v) is 3.72. The molecule has 0 saturated heterocycles. The zero-order chi connectivity index (χ0) is 11.0. The first-order valence-corrected chi connectivity index (χ1v) is 5.28. The van der Waals surface area contributed by atoms with E-state index in [-0.39, 0.29) is 0 Å². The van der Waals surface area contributed by atoms with Crippen molar-refractivity contribution in [3.05, 3.63) is 17.2 Å². The smallest absolute Gasteiger partial charge is 0.232 e. The molecule has 0 aromatic carbocycles. The molecule has 0 spiro atoms. The Bertz CT molecular complexity index is 479. The maximum atomic E-state index is 5.58. The SMILES string of the molecule is CCc1nn2c(CCN)c(C)nc2n1C. The summed E-state index contributed by atoms with van der Waals surface area (Å²) < 4.78 is 3.95. The summed E-state index contributed by atoms with van der Waals surface area (Å²) in [6.07, 6.45) is 1.74. The molecule has 0 saturated carbocycles. The highest BCUT2D eigenvalue weighted by atomic mass is 15.4. The monoisotopic (exact) mass is 207 g/mol. The van der Waals surface area contributed by atoms with E-state index in [4.69, 9.17) is 5.73 Å². The van der Waals surface area contributed by atoms with Gasteiger partial charge >= 0.3 is 0 Å². The van der Waals surface area contributed by atoms with Crippen molar-refractivity contribution in [1.29, 1.82) is 0 Å². The number of aromatic nitrogens is 4. The Morgan fingerprint density at radius 3 is 2.73 bits per heavy atom. The third-order valence-electron chi connectivity index (χ3n) is 2.73. The molecule has 2 heterocycles. The minimum atomic E-state index is 0.632. The van der Waals surface area contributed by atoms with Gasteiger partial charge in [0.25, 0.3) is 0 Å². The first-order chi connectivity index (χ1) is 7.19. The summed E-state index contributed by atoms with van der Waals surface area (Å²) in [6, 6.07) is 0. The molecule has 2 N–H and O–H groups in total. The maximum Gasteiger partial charge on any atom is 0.232 e. The summed E-state index contributed by atoms with van der Waals surface area (Å²) >= 11 is 0. The second kappa shape index (κ2) is 3.66. The number of hydrogen-bond acceptors (Lipinski definition) is 3. The van der Waals surface area contributed by atoms with E-state index in [1.807, 2.05) is 23.1 Å². The number of fused-ring (bicyclic) bond motifs is 1. The fourth-order valence-electron chi connectivity index (χ4n) is 1.89. The summed E-state index contributed by atoms with van der Waals surface area (Å²) in [5, 5.41) is 4.53. The fraction of sp³-hybridized carbons (Fsp3) is 0.600. The zero-order valence-electron chi connectivity index (χ0n) is 9.49. The highest BCUT2D eigenvalue weighted by Gasteiger charge is 2.14. The van der Waals surface area contributed by atoms with E-state index in [9.17, 15) is 0 Å². The van der Waals surface area contributed by atoms with Gasteiger partial charge in [-0.15, -0.1) is 0 Å². The molecule has 0 aliphatic heterocycles. The van der Waals surface area contributed by atoms with E-state index in [0.29, 0.717) is 6.54 Å². The Morgan fingerprint density at radius 1 is 1.40 bits per heavy atom. The summed E-state index contributed by atoms with van der Waals surface area (Å²) in [5.41, 5.74) is 7.74. The number of rotatable bonds is 3. The molecule has 0 bridgehead atoms. The van der Waals surface area contributed by atoms with Gasteiger partial charge in [-0.05, 0) is 13.5 Å². The molecule has 0 fully saturated rings. The lowest BCUT2D eigenvalue weighted by Crippen LogP contribution is -2.07. The van der Waals surface area contributed by atoms with Gasteiger partial charge in [0.1, 0.15) is 5.82 Å². The molecule has 82 valence electrons. The Kier molecular flexibility index (Phi) is 2.48. The van der Waals surface area contributed by atoms with Crippen LogP contribution in [0.5, 0.6) is 0 Å². The van der Waals surface area contributed by atoms with Crippen molar-refractivity contribution in [3.8, 4) is 0 Å². The molecule has 5 nitrogen and oxygen atoms in total. The van der Waals surface area contributed by atoms with Crippen LogP contribution in [-0.4, -0.2) is 25.7 Å². The average Bonchev–Trinajstić information content (AvgIpc) is 2.68. The first kappa shape index (κ1) is 10.2. The highest BCUT2D eigenvalue weighted by molar-refractivity contribution is 5.36. The summed E-state index contributed by atoms with van der Waals surface area (Å²) in [7, 11) is 2.00. The molecule has 2 rings (SSSR count). The fourth-order valence-corrected chi connectivity index (χ4v) is 1.89. The van der Waals surface area contributed by atoms with Gasteiger partial charge in [-0.3, -0.25) is 0 Å². The molecule has 0 aliphatic carbocycles. The van der Waals surface area contributed by atoms with Gasteiger partial charge in [0.05, 0.1) is 11.4 Å². The molecule has 0 aliphatic rings. The van der Waals surface area contributed by atoms with E-state index in [2.05, 4.69) is 17.0 Å². The predicted molar refractivity (Wildman–Crippen MR) is 58.8 cm³/mol. The topological polar surface area (TPSA) is 61.1 Å². The standard InChI is InChI=1S/C10H17N5/c1-4-9-13-15-8(5-6-11)7(2)12-10(15)14(9)3/h4-6,11H2,1-3H3. The third kappa shape index (κ3) is 1.43. The molecular weight excluding hydrogens is 190 g/mol. The Balaban J connectivity index is 2.64. The van der Waals surface area contributed by atoms with Crippen molar-refractivity contribution >= 4 is 5.78 Å². The van der Waals surface area contributed by atoms with Crippen LogP contribution in [0.1, 0.15) is 24.1 Å². The largest absolute Gasteiger partial charge is 0.330 e. The second-order valence-electron chi connectivity index (χ2n) is 3.72. The van der Waals surface area contributed by atoms with Gasteiger partial charge in [0.15, 0.2) is 0 Å². The minimum absolute atomic E-state index is 0.632. The maximum absolute atomic E-state index is 5.58. The molecule has 2 aromatic heterocycles. The predicted octanol–water partition coefficient (Wildman–Crippen LogP) is 0.440. The minimum Gasteiger partial charge on any atom is -0.330 e. The van der Waals surface area contributed by atoms with Crippen LogP contribution in [-0.2, 0) is 19.9 Å². The number of imidazole rings is 1. The van der Waals surface area contributed by atoms with Gasteiger partial charge < -0.3 is 10.3 Å². The molecular formula is C10H17N5. The van der Waals surface area contributed by atoms with Crippen molar-refractivity contribution in [3.63, 3.8) is 0 Å². The third-order valence-corrected chi connectivity index (χ3v) is 2.73. The summed E-state index contributed by atoms with van der Waals surface area (Å²) in [4.78, 5) is 4.51. The van der Waals surface area contributed by atoms with Crippen molar-refractivity contribution in [2.45, 2.75) is 26.7 Å². The highest BCUT2D eigenvalue weighted by Crippen LogP contribution is 2.13. The Hall–Kier alpha value is -1.36. The van der Waals surface area contributed by atoms with E-state index < -0.39 is 0 Å². The number of nitrogens with two attached hydrogens (primary N) is 1. The van der Waals surface area contributed by atoms with Crippen LogP contribution in [0.3, 0.4) is 0 Å². The van der Waals surface area contributed by atoms with Crippen molar-refractivity contribution < 1.29 is 0 Å². The van der Waals surface area contributed by atoms with Crippen LogP contribution < -0.4 is 5.73 Å². The van der Waals surface area contributed by atoms with Crippen molar-refractivity contribution in [2.24, 2.45) is 12.8 Å². The van der Waals surface area contributed by atoms with E-state index in [0.717, 1.165) is 35.8 Å².